The molecule has 15 heavy (non-hydrogen) atoms. The standard InChI is InChI=1S/C12H25N3/c1-14-8-10-15(11-9-14)7-4-12-2-5-13-6-3-12/h12-13H,2-11H2,1H3/p+3. The van der Waals surface area contributed by atoms with E-state index >= 15 is 0 Å². The van der Waals surface area contributed by atoms with Gasteiger partial charge in [-0.1, -0.05) is 0 Å². The first kappa shape index (κ1) is 11.4. The van der Waals surface area contributed by atoms with Crippen LogP contribution in [0.3, 0.4) is 0 Å². The Labute approximate surface area is 93.8 Å². The van der Waals surface area contributed by atoms with Gasteiger partial charge in [-0.3, -0.25) is 0 Å². The fraction of sp³-hybridized carbons (Fsp3) is 1.00. The second-order valence-electron chi connectivity index (χ2n) is 5.56. The van der Waals surface area contributed by atoms with Crippen LogP contribution in [0.15, 0.2) is 0 Å². The zero-order chi connectivity index (χ0) is 10.5. The molecule has 2 rings (SSSR count). The van der Waals surface area contributed by atoms with Gasteiger partial charge in [0.1, 0.15) is 26.2 Å². The monoisotopic (exact) mass is 214 g/mol. The maximum Gasteiger partial charge on any atom is 0.127 e. The van der Waals surface area contributed by atoms with E-state index in [0.717, 1.165) is 5.92 Å². The van der Waals surface area contributed by atoms with Crippen molar-refractivity contribution in [3.63, 3.8) is 0 Å². The molecule has 0 saturated carbocycles. The van der Waals surface area contributed by atoms with E-state index in [1.165, 1.54) is 65.1 Å². The Kier molecular flexibility index (Phi) is 4.42. The lowest BCUT2D eigenvalue weighted by molar-refractivity contribution is -1.00. The van der Waals surface area contributed by atoms with Crippen LogP contribution in [-0.2, 0) is 0 Å². The Morgan fingerprint density at radius 1 is 1.07 bits per heavy atom. The van der Waals surface area contributed by atoms with Crippen LogP contribution in [0.4, 0.5) is 0 Å². The minimum absolute atomic E-state index is 1.05. The summed E-state index contributed by atoms with van der Waals surface area (Å²) in [4.78, 5) is 3.60. The van der Waals surface area contributed by atoms with Crippen LogP contribution >= 0.6 is 0 Å². The fourth-order valence-corrected chi connectivity index (χ4v) is 2.97. The van der Waals surface area contributed by atoms with Gasteiger partial charge >= 0.3 is 0 Å². The molecule has 2 aliphatic heterocycles. The minimum atomic E-state index is 1.05. The van der Waals surface area contributed by atoms with Crippen LogP contribution in [0.2, 0.25) is 0 Å². The molecule has 0 bridgehead atoms. The van der Waals surface area contributed by atoms with Crippen molar-refractivity contribution in [2.24, 2.45) is 5.92 Å². The summed E-state index contributed by atoms with van der Waals surface area (Å²) in [7, 11) is 2.33. The summed E-state index contributed by atoms with van der Waals surface area (Å²) in [6.45, 7) is 9.79. The highest BCUT2D eigenvalue weighted by Gasteiger charge is 2.22. The van der Waals surface area contributed by atoms with Gasteiger partial charge in [0.25, 0.3) is 0 Å². The molecule has 0 unspecified atom stereocenters. The molecule has 88 valence electrons. The van der Waals surface area contributed by atoms with Gasteiger partial charge in [0.15, 0.2) is 0 Å². The second-order valence-corrected chi connectivity index (χ2v) is 5.56. The predicted octanol–water partition coefficient (Wildman–Crippen LogP) is -3.24. The van der Waals surface area contributed by atoms with Crippen LogP contribution in [0.5, 0.6) is 0 Å². The SMILES string of the molecule is C[NH+]1CC[NH+](CCC2CC[NH2+]CC2)CC1. The smallest absolute Gasteiger partial charge is 0.127 e. The van der Waals surface area contributed by atoms with E-state index in [-0.39, 0.29) is 0 Å². The van der Waals surface area contributed by atoms with Crippen molar-refractivity contribution in [1.29, 1.82) is 0 Å². The van der Waals surface area contributed by atoms with Gasteiger partial charge in [0, 0.05) is 0 Å². The number of piperidine rings is 1. The molecule has 2 aliphatic rings. The number of quaternary nitrogens is 3. The summed E-state index contributed by atoms with van der Waals surface area (Å²) < 4.78 is 0. The molecule has 0 spiro atoms. The molecule has 0 aromatic carbocycles. The molecule has 4 N–H and O–H groups in total. The van der Waals surface area contributed by atoms with Crippen molar-refractivity contribution in [1.82, 2.24) is 0 Å². The lowest BCUT2D eigenvalue weighted by Crippen LogP contribution is -3.27. The van der Waals surface area contributed by atoms with E-state index in [9.17, 15) is 0 Å². The third kappa shape index (κ3) is 3.74. The first-order valence-corrected chi connectivity index (χ1v) is 6.81. The summed E-state index contributed by atoms with van der Waals surface area (Å²) in [5.41, 5.74) is 0. The van der Waals surface area contributed by atoms with Gasteiger partial charge in [-0.25, -0.2) is 0 Å². The first-order chi connectivity index (χ1) is 7.34. The largest absolute Gasteiger partial charge is 0.346 e. The molecule has 3 nitrogen and oxygen atoms in total. The van der Waals surface area contributed by atoms with E-state index in [2.05, 4.69) is 12.4 Å². The van der Waals surface area contributed by atoms with Crippen LogP contribution in [0.25, 0.3) is 0 Å². The summed E-state index contributed by atoms with van der Waals surface area (Å²) in [5.74, 6) is 1.05. The van der Waals surface area contributed by atoms with Crippen LogP contribution in [0, 0.1) is 5.92 Å². The second kappa shape index (κ2) is 5.83. The van der Waals surface area contributed by atoms with Gasteiger partial charge in [0.2, 0.25) is 0 Å². The number of likely N-dealkylation sites (N-methyl/N-ethyl adjacent to an activating group) is 1. The van der Waals surface area contributed by atoms with E-state index in [0.29, 0.717) is 0 Å². The fourth-order valence-electron chi connectivity index (χ4n) is 2.97. The summed E-state index contributed by atoms with van der Waals surface area (Å²) >= 11 is 0. The van der Waals surface area contributed by atoms with Gasteiger partial charge in [-0.15, -0.1) is 0 Å². The molecule has 3 heteroatoms. The molecule has 2 fully saturated rings. The number of rotatable bonds is 3. The lowest BCUT2D eigenvalue weighted by atomic mass is 9.94. The van der Waals surface area contributed by atoms with Crippen molar-refractivity contribution in [2.75, 3.05) is 52.9 Å². The molecule has 0 aliphatic carbocycles. The van der Waals surface area contributed by atoms with Crippen LogP contribution < -0.4 is 15.1 Å². The number of hydrogen-bond acceptors (Lipinski definition) is 0. The topological polar surface area (TPSA) is 25.5 Å². The summed E-state index contributed by atoms with van der Waals surface area (Å²) in [5, 5.41) is 2.47. The molecule has 0 atom stereocenters. The maximum atomic E-state index is 2.47. The third-order valence-electron chi connectivity index (χ3n) is 4.27. The Balaban J connectivity index is 1.60. The third-order valence-corrected chi connectivity index (χ3v) is 4.27. The number of nitrogens with one attached hydrogen (secondary N) is 2. The van der Waals surface area contributed by atoms with Crippen molar-refractivity contribution < 1.29 is 15.1 Å². The van der Waals surface area contributed by atoms with Crippen LogP contribution in [0.1, 0.15) is 19.3 Å². The molecule has 0 amide bonds. The average molecular weight is 214 g/mol. The van der Waals surface area contributed by atoms with E-state index < -0.39 is 0 Å². The maximum absolute atomic E-state index is 2.47. The average Bonchev–Trinajstić information content (AvgIpc) is 2.30. The highest BCUT2D eigenvalue weighted by molar-refractivity contribution is 4.60. The summed E-state index contributed by atoms with van der Waals surface area (Å²) in [6, 6.07) is 0. The molecular weight excluding hydrogens is 186 g/mol. The predicted molar refractivity (Wildman–Crippen MR) is 61.2 cm³/mol. The van der Waals surface area contributed by atoms with E-state index in [4.69, 9.17) is 0 Å². The molecule has 0 aromatic rings. The van der Waals surface area contributed by atoms with Gasteiger partial charge in [-0.05, 0) is 25.2 Å². The van der Waals surface area contributed by atoms with Crippen molar-refractivity contribution in [3.8, 4) is 0 Å². The molecule has 2 saturated heterocycles. The normalized spacial score (nSPS) is 34.2. The zero-order valence-corrected chi connectivity index (χ0v) is 10.2. The van der Waals surface area contributed by atoms with Gasteiger partial charge < -0.3 is 15.1 Å². The van der Waals surface area contributed by atoms with Crippen molar-refractivity contribution in [3.05, 3.63) is 0 Å². The highest BCUT2D eigenvalue weighted by Crippen LogP contribution is 2.11. The molecule has 0 aromatic heterocycles. The Hall–Kier alpha value is -0.120. The van der Waals surface area contributed by atoms with Gasteiger partial charge in [-0.2, -0.15) is 0 Å². The molecular formula is C12H28N3+3. The van der Waals surface area contributed by atoms with Crippen molar-refractivity contribution in [2.45, 2.75) is 19.3 Å². The number of nitrogens with two attached hydrogens (primary N) is 1. The molecule has 0 radical (unpaired) electrons. The Morgan fingerprint density at radius 2 is 1.73 bits per heavy atom. The lowest BCUT2D eigenvalue weighted by Gasteiger charge is -2.29. The van der Waals surface area contributed by atoms with E-state index in [1.54, 1.807) is 4.90 Å². The number of hydrogen-bond donors (Lipinski definition) is 3. The Bertz CT molecular complexity index is 170. The van der Waals surface area contributed by atoms with Gasteiger partial charge in [0.05, 0.1) is 26.7 Å². The minimum Gasteiger partial charge on any atom is -0.346 e. The summed E-state index contributed by atoms with van der Waals surface area (Å²) in [6.07, 6.45) is 4.43. The number of piperazine rings is 1. The van der Waals surface area contributed by atoms with Crippen molar-refractivity contribution >= 4 is 0 Å². The van der Waals surface area contributed by atoms with Crippen LogP contribution in [-0.4, -0.2) is 52.9 Å². The Morgan fingerprint density at radius 3 is 2.40 bits per heavy atom. The highest BCUT2D eigenvalue weighted by atomic mass is 15.2. The zero-order valence-electron chi connectivity index (χ0n) is 10.2. The first-order valence-electron chi connectivity index (χ1n) is 6.81. The quantitative estimate of drug-likeness (QED) is 0.440. The molecule has 2 heterocycles. The van der Waals surface area contributed by atoms with E-state index in [1.807, 2.05) is 4.90 Å².